The number of amides is 1. The summed E-state index contributed by atoms with van der Waals surface area (Å²) in [4.78, 5) is 28.1. The summed E-state index contributed by atoms with van der Waals surface area (Å²) < 4.78 is 11.4. The van der Waals surface area contributed by atoms with Crippen molar-refractivity contribution < 1.29 is 14.3 Å². The fraction of sp³-hybridized carbons (Fsp3) is 0.379. The molecule has 0 radical (unpaired) electrons. The quantitative estimate of drug-likeness (QED) is 0.465. The van der Waals surface area contributed by atoms with Crippen molar-refractivity contribution in [2.75, 3.05) is 25.0 Å². The number of aliphatic imine (C=N–C) groups is 1. The van der Waals surface area contributed by atoms with Crippen molar-refractivity contribution in [2.24, 2.45) is 10.7 Å². The minimum Gasteiger partial charge on any atom is -0.492 e. The van der Waals surface area contributed by atoms with Crippen molar-refractivity contribution in [3.8, 4) is 16.9 Å². The Morgan fingerprint density at radius 3 is 2.71 bits per heavy atom. The van der Waals surface area contributed by atoms with Gasteiger partial charge in [0, 0.05) is 54.6 Å². The summed E-state index contributed by atoms with van der Waals surface area (Å²) in [6.07, 6.45) is 7.13. The van der Waals surface area contributed by atoms with Crippen LogP contribution in [0, 0.1) is 0 Å². The highest BCUT2D eigenvalue weighted by atomic mass is 16.6. The van der Waals surface area contributed by atoms with Gasteiger partial charge in [0.25, 0.3) is 0 Å². The molecule has 1 aromatic heterocycles. The minimum absolute atomic E-state index is 0.0923. The number of nitrogens with two attached hydrogens (primary N) is 1. The van der Waals surface area contributed by atoms with Crippen LogP contribution in [0.1, 0.15) is 39.2 Å². The average Bonchev–Trinajstić information content (AvgIpc) is 3.39. The SMILES string of the molecule is CC(C)(C)OC(=O)N1CCC(N=CC(=CN)Nc2ncc3cccc(-c4cccc5c4OCC5)c3n2)CC1. The van der Waals surface area contributed by atoms with Gasteiger partial charge in [-0.05, 0) is 39.2 Å². The van der Waals surface area contributed by atoms with Crippen molar-refractivity contribution in [1.82, 2.24) is 14.9 Å². The van der Waals surface area contributed by atoms with Crippen LogP contribution in [0.4, 0.5) is 10.7 Å². The number of nitrogens with one attached hydrogen (secondary N) is 1. The van der Waals surface area contributed by atoms with Gasteiger partial charge in [-0.1, -0.05) is 36.4 Å². The molecule has 198 valence electrons. The maximum Gasteiger partial charge on any atom is 0.410 e. The first-order chi connectivity index (χ1) is 18.3. The Balaban J connectivity index is 1.28. The molecule has 0 atom stereocenters. The van der Waals surface area contributed by atoms with Crippen LogP contribution < -0.4 is 15.8 Å². The summed E-state index contributed by atoms with van der Waals surface area (Å²) in [5.74, 6) is 1.36. The van der Waals surface area contributed by atoms with Gasteiger partial charge in [0.2, 0.25) is 5.95 Å². The molecule has 1 fully saturated rings. The summed E-state index contributed by atoms with van der Waals surface area (Å²) in [5, 5.41) is 4.13. The van der Waals surface area contributed by atoms with E-state index in [0.717, 1.165) is 47.0 Å². The van der Waals surface area contributed by atoms with E-state index in [4.69, 9.17) is 25.2 Å². The molecule has 0 spiro atoms. The van der Waals surface area contributed by atoms with Gasteiger partial charge in [0.1, 0.15) is 11.4 Å². The summed E-state index contributed by atoms with van der Waals surface area (Å²) in [7, 11) is 0. The first-order valence-electron chi connectivity index (χ1n) is 13.0. The van der Waals surface area contributed by atoms with E-state index < -0.39 is 5.60 Å². The van der Waals surface area contributed by atoms with E-state index in [2.05, 4.69) is 34.6 Å². The molecule has 2 aliphatic heterocycles. The van der Waals surface area contributed by atoms with Crippen LogP contribution >= 0.6 is 0 Å². The average molecular weight is 515 g/mol. The standard InChI is InChI=1S/C29H34N6O3/c1-29(2,3)38-28(36)35-13-10-21(11-14-35)31-18-22(16-30)33-27-32-17-20-7-5-8-23(25(20)34-27)24-9-4-6-19-12-15-37-26(19)24/h4-9,16-18,21H,10-15,30H2,1-3H3,(H,32,33,34). The maximum absolute atomic E-state index is 12.3. The zero-order valence-electron chi connectivity index (χ0n) is 22.1. The van der Waals surface area contributed by atoms with Crippen molar-refractivity contribution in [3.63, 3.8) is 0 Å². The van der Waals surface area contributed by atoms with Crippen LogP contribution in [0.25, 0.3) is 22.0 Å². The monoisotopic (exact) mass is 514 g/mol. The molecule has 3 heterocycles. The number of nitrogens with zero attached hydrogens (tertiary/aromatic N) is 4. The molecule has 5 rings (SSSR count). The summed E-state index contributed by atoms with van der Waals surface area (Å²) >= 11 is 0. The van der Waals surface area contributed by atoms with Crippen LogP contribution in [0.5, 0.6) is 5.75 Å². The number of rotatable bonds is 5. The smallest absolute Gasteiger partial charge is 0.410 e. The first kappa shape index (κ1) is 25.5. The number of ether oxygens (including phenoxy) is 2. The van der Waals surface area contributed by atoms with E-state index in [1.165, 1.54) is 11.8 Å². The van der Waals surface area contributed by atoms with Crippen LogP contribution in [-0.2, 0) is 11.2 Å². The molecule has 3 aromatic rings. The van der Waals surface area contributed by atoms with Crippen molar-refractivity contribution in [3.05, 3.63) is 60.1 Å². The number of carbonyl (C=O) groups excluding carboxylic acids is 1. The molecule has 9 nitrogen and oxygen atoms in total. The molecular formula is C29H34N6O3. The molecule has 0 bridgehead atoms. The molecule has 0 unspecified atom stereocenters. The third kappa shape index (κ3) is 5.72. The number of hydrogen-bond acceptors (Lipinski definition) is 8. The number of allylic oxidation sites excluding steroid dienone is 1. The molecule has 0 saturated carbocycles. The van der Waals surface area contributed by atoms with Crippen LogP contribution in [-0.4, -0.2) is 58.5 Å². The Labute approximate surface area is 222 Å². The first-order valence-corrected chi connectivity index (χ1v) is 13.0. The Kier molecular flexibility index (Phi) is 7.18. The van der Waals surface area contributed by atoms with Crippen LogP contribution in [0.2, 0.25) is 0 Å². The van der Waals surface area contributed by atoms with E-state index in [1.807, 2.05) is 32.9 Å². The summed E-state index contributed by atoms with van der Waals surface area (Å²) in [6.45, 7) is 7.53. The van der Waals surface area contributed by atoms with E-state index in [0.29, 0.717) is 31.3 Å². The lowest BCUT2D eigenvalue weighted by atomic mass is 9.99. The normalized spacial score (nSPS) is 16.5. The highest BCUT2D eigenvalue weighted by molar-refractivity contribution is 5.96. The highest BCUT2D eigenvalue weighted by Crippen LogP contribution is 2.39. The van der Waals surface area contributed by atoms with Gasteiger partial charge in [0.15, 0.2) is 0 Å². The summed E-state index contributed by atoms with van der Waals surface area (Å²) in [5.41, 5.74) is 10.1. The van der Waals surface area contributed by atoms with E-state index in [1.54, 1.807) is 17.3 Å². The van der Waals surface area contributed by atoms with Crippen molar-refractivity contribution >= 4 is 29.2 Å². The zero-order chi connectivity index (χ0) is 26.7. The van der Waals surface area contributed by atoms with Crippen LogP contribution in [0.15, 0.2) is 59.5 Å². The molecule has 2 aliphatic rings. The Bertz CT molecular complexity index is 1390. The van der Waals surface area contributed by atoms with Gasteiger partial charge in [0.05, 0.1) is 23.9 Å². The second-order valence-electron chi connectivity index (χ2n) is 10.6. The maximum atomic E-state index is 12.3. The zero-order valence-corrected chi connectivity index (χ0v) is 22.1. The number of para-hydroxylation sites is 2. The number of anilines is 1. The van der Waals surface area contributed by atoms with Gasteiger partial charge in [-0.2, -0.15) is 0 Å². The molecule has 3 N–H and O–H groups in total. The number of fused-ring (bicyclic) bond motifs is 2. The fourth-order valence-corrected chi connectivity index (χ4v) is 4.72. The molecule has 1 saturated heterocycles. The second kappa shape index (κ2) is 10.7. The van der Waals surface area contributed by atoms with Gasteiger partial charge < -0.3 is 25.4 Å². The minimum atomic E-state index is -0.501. The number of likely N-dealkylation sites (tertiary alicyclic amines) is 1. The second-order valence-corrected chi connectivity index (χ2v) is 10.6. The van der Waals surface area contributed by atoms with Gasteiger partial charge in [-0.25, -0.2) is 14.8 Å². The van der Waals surface area contributed by atoms with E-state index >= 15 is 0 Å². The van der Waals surface area contributed by atoms with Crippen molar-refractivity contribution in [2.45, 2.75) is 51.7 Å². The number of aromatic nitrogens is 2. The Morgan fingerprint density at radius 2 is 1.95 bits per heavy atom. The highest BCUT2D eigenvalue weighted by Gasteiger charge is 2.26. The molecular weight excluding hydrogens is 480 g/mol. The van der Waals surface area contributed by atoms with Gasteiger partial charge >= 0.3 is 6.09 Å². The lowest BCUT2D eigenvalue weighted by Gasteiger charge is -2.32. The number of benzene rings is 2. The molecule has 0 aliphatic carbocycles. The number of piperidine rings is 1. The van der Waals surface area contributed by atoms with Crippen LogP contribution in [0.3, 0.4) is 0 Å². The summed E-state index contributed by atoms with van der Waals surface area (Å²) in [6, 6.07) is 12.4. The van der Waals surface area contributed by atoms with E-state index in [-0.39, 0.29) is 12.1 Å². The lowest BCUT2D eigenvalue weighted by Crippen LogP contribution is -2.42. The molecule has 9 heteroatoms. The van der Waals surface area contributed by atoms with E-state index in [9.17, 15) is 4.79 Å². The fourth-order valence-electron chi connectivity index (χ4n) is 4.72. The Hall–Kier alpha value is -4.14. The predicted octanol–water partition coefficient (Wildman–Crippen LogP) is 4.91. The largest absolute Gasteiger partial charge is 0.492 e. The van der Waals surface area contributed by atoms with Gasteiger partial charge in [-0.15, -0.1) is 0 Å². The number of hydrogen-bond donors (Lipinski definition) is 2. The topological polar surface area (TPSA) is 115 Å². The molecule has 1 amide bonds. The third-order valence-corrected chi connectivity index (χ3v) is 6.59. The van der Waals surface area contributed by atoms with Crippen molar-refractivity contribution in [1.29, 1.82) is 0 Å². The lowest BCUT2D eigenvalue weighted by molar-refractivity contribution is 0.0207. The van der Waals surface area contributed by atoms with Gasteiger partial charge in [-0.3, -0.25) is 4.99 Å². The third-order valence-electron chi connectivity index (χ3n) is 6.59. The Morgan fingerprint density at radius 1 is 1.18 bits per heavy atom. The number of carbonyl (C=O) groups is 1. The molecule has 2 aromatic carbocycles. The molecule has 38 heavy (non-hydrogen) atoms. The predicted molar refractivity (Wildman–Crippen MR) is 149 cm³/mol.